The molecule has 0 saturated carbocycles. The van der Waals surface area contributed by atoms with Crippen LogP contribution in [0, 0.1) is 0 Å². The average Bonchev–Trinajstić information content (AvgIpc) is 2.62. The third-order valence-corrected chi connectivity index (χ3v) is 4.53. The number of pyridine rings is 2. The molecule has 1 atom stereocenters. The summed E-state index contributed by atoms with van der Waals surface area (Å²) in [6.07, 6.45) is 9.23. The maximum absolute atomic E-state index is 5.33. The zero-order valence-electron chi connectivity index (χ0n) is 13.9. The molecule has 5 nitrogen and oxygen atoms in total. The van der Waals surface area contributed by atoms with E-state index in [0.717, 1.165) is 23.6 Å². The van der Waals surface area contributed by atoms with Crippen LogP contribution in [0.5, 0.6) is 0 Å². The number of rotatable bonds is 4. The molecule has 2 aromatic rings. The van der Waals surface area contributed by atoms with Gasteiger partial charge in [-0.1, -0.05) is 6.07 Å². The molecule has 1 aliphatic heterocycles. The summed E-state index contributed by atoms with van der Waals surface area (Å²) in [5.41, 5.74) is 1.99. The lowest BCUT2D eigenvalue weighted by Gasteiger charge is -2.34. The molecule has 2 aromatic heterocycles. The standard InChI is InChI=1S/C18H23N5S/c1-14-5-2-3-10-23(14)17-8-7-16(13-20-17)22-18(24)21-12-15-6-4-9-19-11-15/h4,6-9,11,13-14H,2-3,5,10,12H2,1H3,(H2,21,22,24)/t14-/m0/s1. The Morgan fingerprint density at radius 2 is 2.21 bits per heavy atom. The minimum atomic E-state index is 0.562. The number of nitrogens with zero attached hydrogens (tertiary/aromatic N) is 3. The zero-order valence-corrected chi connectivity index (χ0v) is 14.7. The van der Waals surface area contributed by atoms with Crippen LogP contribution in [0.1, 0.15) is 31.7 Å². The Bertz CT molecular complexity index is 659. The van der Waals surface area contributed by atoms with E-state index in [-0.39, 0.29) is 0 Å². The van der Waals surface area contributed by atoms with Gasteiger partial charge in [-0.25, -0.2) is 4.98 Å². The van der Waals surface area contributed by atoms with Crippen LogP contribution < -0.4 is 15.5 Å². The Morgan fingerprint density at radius 1 is 1.29 bits per heavy atom. The lowest BCUT2D eigenvalue weighted by molar-refractivity contribution is 0.481. The second-order valence-electron chi connectivity index (χ2n) is 6.11. The Balaban J connectivity index is 1.53. The summed E-state index contributed by atoms with van der Waals surface area (Å²) in [5, 5.41) is 6.93. The summed E-state index contributed by atoms with van der Waals surface area (Å²) in [7, 11) is 0. The number of thiocarbonyl (C=S) groups is 1. The van der Waals surface area contributed by atoms with Crippen LogP contribution in [-0.4, -0.2) is 27.7 Å². The first kappa shape index (κ1) is 16.6. The van der Waals surface area contributed by atoms with E-state index in [1.165, 1.54) is 19.3 Å². The van der Waals surface area contributed by atoms with Crippen molar-refractivity contribution < 1.29 is 0 Å². The molecular weight excluding hydrogens is 318 g/mol. The maximum atomic E-state index is 5.33. The van der Waals surface area contributed by atoms with Crippen LogP contribution in [0.25, 0.3) is 0 Å². The molecule has 0 amide bonds. The molecular formula is C18H23N5S. The summed E-state index contributed by atoms with van der Waals surface area (Å²) >= 11 is 5.33. The molecule has 0 radical (unpaired) electrons. The molecule has 0 spiro atoms. The van der Waals surface area contributed by atoms with Crippen LogP contribution in [-0.2, 0) is 6.54 Å². The van der Waals surface area contributed by atoms with E-state index in [0.29, 0.717) is 17.7 Å². The summed E-state index contributed by atoms with van der Waals surface area (Å²) in [6, 6.07) is 8.58. The third-order valence-electron chi connectivity index (χ3n) is 4.28. The predicted molar refractivity (Wildman–Crippen MR) is 102 cm³/mol. The second kappa shape index (κ2) is 8.06. The number of aromatic nitrogens is 2. The van der Waals surface area contributed by atoms with Crippen molar-refractivity contribution in [2.45, 2.75) is 38.8 Å². The lowest BCUT2D eigenvalue weighted by Crippen LogP contribution is -2.37. The predicted octanol–water partition coefficient (Wildman–Crippen LogP) is 3.34. The van der Waals surface area contributed by atoms with E-state index in [9.17, 15) is 0 Å². The maximum Gasteiger partial charge on any atom is 0.171 e. The number of hydrogen-bond donors (Lipinski definition) is 2. The highest BCUT2D eigenvalue weighted by atomic mass is 32.1. The van der Waals surface area contributed by atoms with Gasteiger partial charge in [0, 0.05) is 31.5 Å². The van der Waals surface area contributed by atoms with Crippen molar-refractivity contribution in [3.8, 4) is 0 Å². The Hall–Kier alpha value is -2.21. The number of nitrogens with one attached hydrogen (secondary N) is 2. The molecule has 126 valence electrons. The van der Waals surface area contributed by atoms with Crippen molar-refractivity contribution >= 4 is 28.8 Å². The highest BCUT2D eigenvalue weighted by Crippen LogP contribution is 2.23. The fraction of sp³-hybridized carbons (Fsp3) is 0.389. The molecule has 3 rings (SSSR count). The lowest BCUT2D eigenvalue weighted by atomic mass is 10.0. The van der Waals surface area contributed by atoms with Crippen molar-refractivity contribution in [2.75, 3.05) is 16.8 Å². The summed E-state index contributed by atoms with van der Waals surface area (Å²) in [5.74, 6) is 1.04. The number of hydrogen-bond acceptors (Lipinski definition) is 4. The van der Waals surface area contributed by atoms with Crippen LogP contribution >= 0.6 is 12.2 Å². The molecule has 0 aliphatic carbocycles. The molecule has 0 unspecified atom stereocenters. The molecule has 1 aliphatic rings. The number of piperidine rings is 1. The van der Waals surface area contributed by atoms with Gasteiger partial charge in [0.15, 0.2) is 5.11 Å². The minimum Gasteiger partial charge on any atom is -0.358 e. The van der Waals surface area contributed by atoms with Gasteiger partial charge in [-0.05, 0) is 62.2 Å². The van der Waals surface area contributed by atoms with Gasteiger partial charge in [-0.15, -0.1) is 0 Å². The van der Waals surface area contributed by atoms with Crippen LogP contribution in [0.3, 0.4) is 0 Å². The van der Waals surface area contributed by atoms with Gasteiger partial charge in [0.25, 0.3) is 0 Å². The molecule has 0 bridgehead atoms. The highest BCUT2D eigenvalue weighted by Gasteiger charge is 2.19. The summed E-state index contributed by atoms with van der Waals surface area (Å²) in [4.78, 5) is 11.1. The van der Waals surface area contributed by atoms with Gasteiger partial charge in [0.1, 0.15) is 5.82 Å². The van der Waals surface area contributed by atoms with Crippen molar-refractivity contribution in [2.24, 2.45) is 0 Å². The van der Waals surface area contributed by atoms with Gasteiger partial charge in [-0.3, -0.25) is 4.98 Å². The molecule has 0 aromatic carbocycles. The summed E-state index contributed by atoms with van der Waals surface area (Å²) < 4.78 is 0. The topological polar surface area (TPSA) is 53.1 Å². The van der Waals surface area contributed by atoms with E-state index >= 15 is 0 Å². The van der Waals surface area contributed by atoms with Crippen LogP contribution in [0.15, 0.2) is 42.9 Å². The van der Waals surface area contributed by atoms with Gasteiger partial charge in [0.2, 0.25) is 0 Å². The van der Waals surface area contributed by atoms with E-state index in [1.807, 2.05) is 30.6 Å². The first-order valence-corrected chi connectivity index (χ1v) is 8.79. The van der Waals surface area contributed by atoms with E-state index < -0.39 is 0 Å². The van der Waals surface area contributed by atoms with Gasteiger partial charge < -0.3 is 15.5 Å². The molecule has 1 fully saturated rings. The summed E-state index contributed by atoms with van der Waals surface area (Å²) in [6.45, 7) is 4.01. The Labute approximate surface area is 148 Å². The Kier molecular flexibility index (Phi) is 5.59. The molecule has 24 heavy (non-hydrogen) atoms. The van der Waals surface area contributed by atoms with Crippen molar-refractivity contribution in [3.63, 3.8) is 0 Å². The smallest absolute Gasteiger partial charge is 0.171 e. The number of anilines is 2. The SMILES string of the molecule is C[C@H]1CCCCN1c1ccc(NC(=S)NCc2cccnc2)cn1. The van der Waals surface area contributed by atoms with E-state index in [2.05, 4.69) is 38.5 Å². The minimum absolute atomic E-state index is 0.562. The third kappa shape index (κ3) is 4.41. The van der Waals surface area contributed by atoms with Crippen molar-refractivity contribution in [1.29, 1.82) is 0 Å². The monoisotopic (exact) mass is 341 g/mol. The Morgan fingerprint density at radius 3 is 2.92 bits per heavy atom. The largest absolute Gasteiger partial charge is 0.358 e. The van der Waals surface area contributed by atoms with Crippen LogP contribution in [0.2, 0.25) is 0 Å². The first-order chi connectivity index (χ1) is 11.7. The molecule has 3 heterocycles. The second-order valence-corrected chi connectivity index (χ2v) is 6.52. The van der Waals surface area contributed by atoms with Crippen molar-refractivity contribution in [1.82, 2.24) is 15.3 Å². The fourth-order valence-corrected chi connectivity index (χ4v) is 3.12. The zero-order chi connectivity index (χ0) is 16.8. The average molecular weight is 341 g/mol. The van der Waals surface area contributed by atoms with E-state index in [1.54, 1.807) is 6.20 Å². The molecule has 2 N–H and O–H groups in total. The fourth-order valence-electron chi connectivity index (χ4n) is 2.93. The molecule has 6 heteroatoms. The van der Waals surface area contributed by atoms with Gasteiger partial charge in [0.05, 0.1) is 11.9 Å². The van der Waals surface area contributed by atoms with Crippen LogP contribution in [0.4, 0.5) is 11.5 Å². The van der Waals surface area contributed by atoms with Gasteiger partial charge >= 0.3 is 0 Å². The first-order valence-electron chi connectivity index (χ1n) is 8.39. The highest BCUT2D eigenvalue weighted by molar-refractivity contribution is 7.80. The quantitative estimate of drug-likeness (QED) is 0.832. The van der Waals surface area contributed by atoms with E-state index in [4.69, 9.17) is 12.2 Å². The normalized spacial score (nSPS) is 17.4. The van der Waals surface area contributed by atoms with Gasteiger partial charge in [-0.2, -0.15) is 0 Å². The molecule has 1 saturated heterocycles. The van der Waals surface area contributed by atoms with Crippen molar-refractivity contribution in [3.05, 3.63) is 48.4 Å².